The van der Waals surface area contributed by atoms with E-state index in [9.17, 15) is 4.39 Å². The van der Waals surface area contributed by atoms with E-state index in [1.54, 1.807) is 12.1 Å². The molecule has 0 aliphatic carbocycles. The van der Waals surface area contributed by atoms with E-state index in [0.29, 0.717) is 11.6 Å². The van der Waals surface area contributed by atoms with Gasteiger partial charge in [0.2, 0.25) is 0 Å². The van der Waals surface area contributed by atoms with E-state index in [4.69, 9.17) is 23.2 Å². The maximum absolute atomic E-state index is 13.0. The molecule has 19 heavy (non-hydrogen) atoms. The van der Waals surface area contributed by atoms with Gasteiger partial charge in [0.1, 0.15) is 5.82 Å². The standard InChI is InChI=1S/C14H13Cl2FN2/c15-10-2-1-3-11(8-10)18-6-7-19-12-4-5-14(17)13(16)9-12/h1-5,8-9,18-19H,6-7H2. The molecule has 0 aromatic heterocycles. The molecule has 0 bridgehead atoms. The van der Waals surface area contributed by atoms with Crippen LogP contribution in [0.4, 0.5) is 15.8 Å². The number of halogens is 3. The van der Waals surface area contributed by atoms with E-state index in [0.717, 1.165) is 17.9 Å². The van der Waals surface area contributed by atoms with Gasteiger partial charge in [-0.2, -0.15) is 0 Å². The fourth-order valence-electron chi connectivity index (χ4n) is 1.62. The smallest absolute Gasteiger partial charge is 0.141 e. The van der Waals surface area contributed by atoms with E-state index >= 15 is 0 Å². The minimum absolute atomic E-state index is 0.118. The minimum atomic E-state index is -0.413. The maximum atomic E-state index is 13.0. The minimum Gasteiger partial charge on any atom is -0.383 e. The third kappa shape index (κ3) is 4.30. The van der Waals surface area contributed by atoms with Crippen LogP contribution in [0.1, 0.15) is 0 Å². The molecule has 0 aliphatic rings. The van der Waals surface area contributed by atoms with Crippen molar-refractivity contribution in [3.05, 3.63) is 58.3 Å². The predicted molar refractivity (Wildman–Crippen MR) is 79.8 cm³/mol. The van der Waals surface area contributed by atoms with Gasteiger partial charge in [-0.15, -0.1) is 0 Å². The molecule has 0 amide bonds. The summed E-state index contributed by atoms with van der Waals surface area (Å²) in [5.74, 6) is -0.413. The van der Waals surface area contributed by atoms with E-state index in [1.807, 2.05) is 24.3 Å². The number of rotatable bonds is 5. The lowest BCUT2D eigenvalue weighted by Crippen LogP contribution is -2.13. The Morgan fingerprint density at radius 3 is 2.21 bits per heavy atom. The van der Waals surface area contributed by atoms with Crippen molar-refractivity contribution in [2.45, 2.75) is 0 Å². The SMILES string of the molecule is Fc1ccc(NCCNc2cccc(Cl)c2)cc1Cl. The van der Waals surface area contributed by atoms with Crippen LogP contribution in [0.15, 0.2) is 42.5 Å². The molecule has 0 saturated heterocycles. The van der Waals surface area contributed by atoms with Crippen LogP contribution in [0, 0.1) is 5.82 Å². The Balaban J connectivity index is 1.79. The summed E-state index contributed by atoms with van der Waals surface area (Å²) in [5.41, 5.74) is 1.76. The molecular formula is C14H13Cl2FN2. The van der Waals surface area contributed by atoms with Crippen LogP contribution < -0.4 is 10.6 Å². The Bertz CT molecular complexity index is 561. The molecule has 2 rings (SSSR count). The Labute approximate surface area is 121 Å². The molecule has 100 valence electrons. The van der Waals surface area contributed by atoms with Gasteiger partial charge in [-0.05, 0) is 36.4 Å². The van der Waals surface area contributed by atoms with Crippen LogP contribution in [0.25, 0.3) is 0 Å². The lowest BCUT2D eigenvalue weighted by atomic mass is 10.3. The first-order valence-electron chi connectivity index (χ1n) is 5.83. The molecule has 0 radical (unpaired) electrons. The first kappa shape index (κ1) is 14.0. The zero-order valence-corrected chi connectivity index (χ0v) is 11.6. The molecule has 0 fully saturated rings. The third-order valence-electron chi connectivity index (χ3n) is 2.53. The van der Waals surface area contributed by atoms with E-state index in [-0.39, 0.29) is 5.02 Å². The fraction of sp³-hybridized carbons (Fsp3) is 0.143. The Morgan fingerprint density at radius 1 is 0.895 bits per heavy atom. The highest BCUT2D eigenvalue weighted by molar-refractivity contribution is 6.31. The first-order valence-corrected chi connectivity index (χ1v) is 6.59. The lowest BCUT2D eigenvalue weighted by Gasteiger charge is -2.09. The van der Waals surface area contributed by atoms with Gasteiger partial charge < -0.3 is 10.6 Å². The summed E-state index contributed by atoms with van der Waals surface area (Å²) in [6.45, 7) is 1.41. The average molecular weight is 299 g/mol. The number of hydrogen-bond donors (Lipinski definition) is 2. The molecular weight excluding hydrogens is 286 g/mol. The fourth-order valence-corrected chi connectivity index (χ4v) is 1.99. The first-order chi connectivity index (χ1) is 9.15. The van der Waals surface area contributed by atoms with Crippen LogP contribution in [0.3, 0.4) is 0 Å². The molecule has 0 atom stereocenters. The van der Waals surface area contributed by atoms with Crippen molar-refractivity contribution in [2.24, 2.45) is 0 Å². The molecule has 5 heteroatoms. The van der Waals surface area contributed by atoms with Gasteiger partial charge in [0.25, 0.3) is 0 Å². The second-order valence-electron chi connectivity index (χ2n) is 3.99. The number of nitrogens with one attached hydrogen (secondary N) is 2. The van der Waals surface area contributed by atoms with Gasteiger partial charge in [-0.25, -0.2) is 4.39 Å². The topological polar surface area (TPSA) is 24.1 Å². The van der Waals surface area contributed by atoms with E-state index < -0.39 is 5.82 Å². The largest absolute Gasteiger partial charge is 0.383 e. The Morgan fingerprint density at radius 2 is 1.58 bits per heavy atom. The average Bonchev–Trinajstić information content (AvgIpc) is 2.39. The Kier molecular flexibility index (Phi) is 4.88. The van der Waals surface area contributed by atoms with E-state index in [2.05, 4.69) is 10.6 Å². The summed E-state index contributed by atoms with van der Waals surface area (Å²) in [4.78, 5) is 0. The molecule has 0 unspecified atom stereocenters. The van der Waals surface area contributed by atoms with Gasteiger partial charge in [-0.3, -0.25) is 0 Å². The molecule has 0 heterocycles. The summed E-state index contributed by atoms with van der Waals surface area (Å²) in [5, 5.41) is 7.19. The second-order valence-corrected chi connectivity index (χ2v) is 4.84. The second kappa shape index (κ2) is 6.64. The van der Waals surface area contributed by atoms with E-state index in [1.165, 1.54) is 6.07 Å². The summed E-state index contributed by atoms with van der Waals surface area (Å²) in [7, 11) is 0. The van der Waals surface area contributed by atoms with Gasteiger partial charge in [0, 0.05) is 29.5 Å². The molecule has 2 aromatic carbocycles. The summed E-state index contributed by atoms with van der Waals surface area (Å²) in [6.07, 6.45) is 0. The molecule has 0 aliphatic heterocycles. The molecule has 2 nitrogen and oxygen atoms in total. The van der Waals surface area contributed by atoms with Crippen LogP contribution >= 0.6 is 23.2 Å². The molecule has 2 aromatic rings. The highest BCUT2D eigenvalue weighted by Gasteiger charge is 2.00. The normalized spacial score (nSPS) is 10.3. The number of hydrogen-bond acceptors (Lipinski definition) is 2. The molecule has 2 N–H and O–H groups in total. The zero-order valence-electron chi connectivity index (χ0n) is 10.1. The van der Waals surface area contributed by atoms with Crippen molar-refractivity contribution in [3.63, 3.8) is 0 Å². The van der Waals surface area contributed by atoms with Crippen molar-refractivity contribution >= 4 is 34.6 Å². The summed E-state index contributed by atoms with van der Waals surface area (Å²) >= 11 is 11.6. The zero-order chi connectivity index (χ0) is 13.7. The highest BCUT2D eigenvalue weighted by Crippen LogP contribution is 2.19. The van der Waals surface area contributed by atoms with Crippen LogP contribution in [-0.4, -0.2) is 13.1 Å². The van der Waals surface area contributed by atoms with Crippen molar-refractivity contribution in [1.82, 2.24) is 0 Å². The maximum Gasteiger partial charge on any atom is 0.141 e. The molecule has 0 spiro atoms. The third-order valence-corrected chi connectivity index (χ3v) is 3.05. The quantitative estimate of drug-likeness (QED) is 0.785. The Hall–Kier alpha value is -1.45. The van der Waals surface area contributed by atoms with Crippen LogP contribution in [0.5, 0.6) is 0 Å². The number of anilines is 2. The molecule has 0 saturated carbocycles. The lowest BCUT2D eigenvalue weighted by molar-refractivity contribution is 0.628. The predicted octanol–water partition coefficient (Wildman–Crippen LogP) is 4.66. The van der Waals surface area contributed by atoms with Crippen molar-refractivity contribution in [3.8, 4) is 0 Å². The van der Waals surface area contributed by atoms with Crippen molar-refractivity contribution < 1.29 is 4.39 Å². The van der Waals surface area contributed by atoms with Gasteiger partial charge in [0.05, 0.1) is 5.02 Å². The van der Waals surface area contributed by atoms with Gasteiger partial charge in [-0.1, -0.05) is 29.3 Å². The van der Waals surface area contributed by atoms with Crippen LogP contribution in [0.2, 0.25) is 10.0 Å². The monoisotopic (exact) mass is 298 g/mol. The van der Waals surface area contributed by atoms with Gasteiger partial charge >= 0.3 is 0 Å². The number of benzene rings is 2. The van der Waals surface area contributed by atoms with Crippen LogP contribution in [-0.2, 0) is 0 Å². The van der Waals surface area contributed by atoms with Gasteiger partial charge in [0.15, 0.2) is 0 Å². The summed E-state index contributed by atoms with van der Waals surface area (Å²) in [6, 6.07) is 12.1. The van der Waals surface area contributed by atoms with Crippen molar-refractivity contribution in [2.75, 3.05) is 23.7 Å². The summed E-state index contributed by atoms with van der Waals surface area (Å²) < 4.78 is 13.0. The van der Waals surface area contributed by atoms with Crippen molar-refractivity contribution in [1.29, 1.82) is 0 Å². The highest BCUT2D eigenvalue weighted by atomic mass is 35.5.